The molecule has 1 N–H and O–H groups in total. The molecule has 5 nitrogen and oxygen atoms in total. The summed E-state index contributed by atoms with van der Waals surface area (Å²) in [6.45, 7) is 2.69. The van der Waals surface area contributed by atoms with Gasteiger partial charge in [-0.2, -0.15) is 0 Å². The first-order valence-corrected chi connectivity index (χ1v) is 11.3. The number of aromatic nitrogens is 2. The molecular formula is C20H20ClN3O2S2. The summed E-state index contributed by atoms with van der Waals surface area (Å²) < 4.78 is 5.76. The Bertz CT molecular complexity index is 985. The Morgan fingerprint density at radius 1 is 1.39 bits per heavy atom. The molecule has 28 heavy (non-hydrogen) atoms. The molecular weight excluding hydrogens is 414 g/mol. The Morgan fingerprint density at radius 2 is 2.25 bits per heavy atom. The topological polar surface area (TPSA) is 68.0 Å². The second-order valence-electron chi connectivity index (χ2n) is 6.94. The van der Waals surface area contributed by atoms with E-state index in [0.29, 0.717) is 22.7 Å². The predicted molar refractivity (Wildman–Crippen MR) is 113 cm³/mol. The van der Waals surface area contributed by atoms with Gasteiger partial charge < -0.3 is 9.73 Å². The number of aryl methyl sites for hydroxylation is 1. The zero-order chi connectivity index (χ0) is 19.5. The van der Waals surface area contributed by atoms with Crippen molar-refractivity contribution < 1.29 is 9.21 Å². The van der Waals surface area contributed by atoms with Crippen LogP contribution in [0.5, 0.6) is 0 Å². The summed E-state index contributed by atoms with van der Waals surface area (Å²) >= 11 is 9.07. The van der Waals surface area contributed by atoms with Crippen LogP contribution >= 0.6 is 34.7 Å². The van der Waals surface area contributed by atoms with Crippen molar-refractivity contribution in [2.75, 3.05) is 5.75 Å². The normalized spacial score (nSPS) is 16.0. The molecule has 3 aromatic rings. The van der Waals surface area contributed by atoms with Gasteiger partial charge >= 0.3 is 0 Å². The number of benzene rings is 1. The van der Waals surface area contributed by atoms with Crippen LogP contribution in [0.4, 0.5) is 0 Å². The number of carbonyl (C=O) groups excluding carboxylic acids is 1. The molecule has 1 aliphatic carbocycles. The van der Waals surface area contributed by atoms with Crippen LogP contribution in [0.15, 0.2) is 40.0 Å². The molecule has 0 spiro atoms. The van der Waals surface area contributed by atoms with Gasteiger partial charge in [-0.1, -0.05) is 48.5 Å². The van der Waals surface area contributed by atoms with E-state index in [0.717, 1.165) is 29.2 Å². The summed E-state index contributed by atoms with van der Waals surface area (Å²) in [5, 5.41) is 12.1. The van der Waals surface area contributed by atoms with Crippen LogP contribution in [0.1, 0.15) is 29.3 Å². The molecule has 2 heterocycles. The van der Waals surface area contributed by atoms with Gasteiger partial charge in [0.15, 0.2) is 0 Å². The zero-order valence-electron chi connectivity index (χ0n) is 15.4. The molecule has 0 radical (unpaired) electrons. The lowest BCUT2D eigenvalue weighted by atomic mass is 9.90. The Labute approximate surface area is 176 Å². The van der Waals surface area contributed by atoms with Gasteiger partial charge in [0.1, 0.15) is 0 Å². The molecule has 1 unspecified atom stereocenters. The number of nitrogens with one attached hydrogen (secondary N) is 1. The van der Waals surface area contributed by atoms with Gasteiger partial charge in [-0.05, 0) is 48.4 Å². The lowest BCUT2D eigenvalue weighted by Crippen LogP contribution is -2.24. The maximum absolute atomic E-state index is 12.1. The van der Waals surface area contributed by atoms with Crippen molar-refractivity contribution in [1.82, 2.24) is 15.5 Å². The molecule has 0 saturated carbocycles. The fraction of sp³-hybridized carbons (Fsp3) is 0.350. The molecule has 0 fully saturated rings. The van der Waals surface area contributed by atoms with E-state index < -0.39 is 0 Å². The van der Waals surface area contributed by atoms with Crippen LogP contribution in [-0.2, 0) is 24.2 Å². The lowest BCUT2D eigenvalue weighted by Gasteiger charge is -2.16. The first kappa shape index (κ1) is 19.5. The molecule has 1 atom stereocenters. The van der Waals surface area contributed by atoms with Crippen LogP contribution in [0, 0.1) is 5.92 Å². The van der Waals surface area contributed by atoms with Gasteiger partial charge in [-0.15, -0.1) is 21.5 Å². The number of amides is 1. The minimum Gasteiger partial charge on any atom is -0.410 e. The third kappa shape index (κ3) is 4.59. The number of halogens is 1. The smallest absolute Gasteiger partial charge is 0.277 e. The monoisotopic (exact) mass is 433 g/mol. The second-order valence-corrected chi connectivity index (χ2v) is 9.41. The number of hydrogen-bond acceptors (Lipinski definition) is 6. The summed E-state index contributed by atoms with van der Waals surface area (Å²) in [4.78, 5) is 14.5. The zero-order valence-corrected chi connectivity index (χ0v) is 17.8. The van der Waals surface area contributed by atoms with Crippen molar-refractivity contribution in [2.45, 2.75) is 38.0 Å². The summed E-state index contributed by atoms with van der Waals surface area (Å²) in [6, 6.07) is 9.63. The van der Waals surface area contributed by atoms with E-state index in [4.69, 9.17) is 16.0 Å². The minimum atomic E-state index is -0.106. The van der Waals surface area contributed by atoms with E-state index in [2.05, 4.69) is 28.5 Å². The van der Waals surface area contributed by atoms with E-state index in [1.54, 1.807) is 17.4 Å². The molecule has 146 valence electrons. The maximum atomic E-state index is 12.1. The molecule has 1 aromatic carbocycles. The third-order valence-electron chi connectivity index (χ3n) is 4.71. The highest BCUT2D eigenvalue weighted by Gasteiger charge is 2.21. The Kier molecular flexibility index (Phi) is 6.04. The van der Waals surface area contributed by atoms with Crippen LogP contribution in [0.2, 0.25) is 5.02 Å². The summed E-state index contributed by atoms with van der Waals surface area (Å²) in [5.74, 6) is 1.37. The number of fused-ring (bicyclic) bond motifs is 1. The lowest BCUT2D eigenvalue weighted by molar-refractivity contribution is -0.118. The van der Waals surface area contributed by atoms with E-state index in [1.165, 1.54) is 28.6 Å². The molecule has 0 aliphatic heterocycles. The molecule has 1 amide bonds. The summed E-state index contributed by atoms with van der Waals surface area (Å²) in [5.41, 5.74) is 2.30. The van der Waals surface area contributed by atoms with Gasteiger partial charge in [0.2, 0.25) is 5.91 Å². The van der Waals surface area contributed by atoms with Crippen molar-refractivity contribution >= 4 is 40.6 Å². The SMILES string of the molecule is CC1CCc2sc(-c3nnc(SCC(=O)NCc4ccccc4Cl)o3)cc2C1. The summed E-state index contributed by atoms with van der Waals surface area (Å²) in [6.07, 6.45) is 3.48. The Morgan fingerprint density at radius 3 is 3.11 bits per heavy atom. The van der Waals surface area contributed by atoms with Crippen molar-refractivity contribution in [3.8, 4) is 10.8 Å². The first-order valence-electron chi connectivity index (χ1n) is 9.17. The fourth-order valence-corrected chi connectivity index (χ4v) is 5.12. The van der Waals surface area contributed by atoms with Crippen molar-refractivity contribution in [2.24, 2.45) is 5.92 Å². The molecule has 0 bridgehead atoms. The number of hydrogen-bond donors (Lipinski definition) is 1. The minimum absolute atomic E-state index is 0.106. The van der Waals surface area contributed by atoms with Crippen molar-refractivity contribution in [3.05, 3.63) is 51.4 Å². The standard InChI is InChI=1S/C20H20ClN3O2S2/c1-12-6-7-16-14(8-12)9-17(28-16)19-23-24-20(26-19)27-11-18(25)22-10-13-4-2-3-5-15(13)21/h2-5,9,12H,6-8,10-11H2,1H3,(H,22,25). The van der Waals surface area contributed by atoms with Crippen LogP contribution in [0.3, 0.4) is 0 Å². The number of rotatable bonds is 6. The van der Waals surface area contributed by atoms with Crippen molar-refractivity contribution in [1.29, 1.82) is 0 Å². The number of thioether (sulfide) groups is 1. The highest BCUT2D eigenvalue weighted by Crippen LogP contribution is 2.37. The predicted octanol–water partition coefficient (Wildman–Crippen LogP) is 4.98. The van der Waals surface area contributed by atoms with Crippen molar-refractivity contribution in [3.63, 3.8) is 0 Å². The molecule has 1 aliphatic rings. The maximum Gasteiger partial charge on any atom is 0.277 e. The Balaban J connectivity index is 1.31. The van der Waals surface area contributed by atoms with Crippen LogP contribution in [-0.4, -0.2) is 21.9 Å². The average Bonchev–Trinajstić information content (AvgIpc) is 3.32. The molecule has 0 saturated heterocycles. The fourth-order valence-electron chi connectivity index (χ4n) is 3.19. The van der Waals surface area contributed by atoms with E-state index in [1.807, 2.05) is 18.2 Å². The second kappa shape index (κ2) is 8.68. The van der Waals surface area contributed by atoms with Gasteiger partial charge in [0.05, 0.1) is 10.6 Å². The number of carbonyl (C=O) groups is 1. The van der Waals surface area contributed by atoms with Gasteiger partial charge in [-0.3, -0.25) is 4.79 Å². The molecule has 2 aromatic heterocycles. The summed E-state index contributed by atoms with van der Waals surface area (Å²) in [7, 11) is 0. The van der Waals surface area contributed by atoms with E-state index >= 15 is 0 Å². The quantitative estimate of drug-likeness (QED) is 0.555. The highest BCUT2D eigenvalue weighted by atomic mass is 35.5. The van der Waals surface area contributed by atoms with E-state index in [9.17, 15) is 4.79 Å². The van der Waals surface area contributed by atoms with Crippen LogP contribution < -0.4 is 5.32 Å². The van der Waals surface area contributed by atoms with Gasteiger partial charge in [0, 0.05) is 16.4 Å². The third-order valence-corrected chi connectivity index (χ3v) is 7.12. The first-order chi connectivity index (χ1) is 13.6. The average molecular weight is 434 g/mol. The van der Waals surface area contributed by atoms with Gasteiger partial charge in [-0.25, -0.2) is 0 Å². The van der Waals surface area contributed by atoms with Gasteiger partial charge in [0.25, 0.3) is 11.1 Å². The van der Waals surface area contributed by atoms with Crippen LogP contribution in [0.25, 0.3) is 10.8 Å². The largest absolute Gasteiger partial charge is 0.410 e. The molecule has 4 rings (SSSR count). The number of nitrogens with zero attached hydrogens (tertiary/aromatic N) is 2. The Hall–Kier alpha value is -1.83. The van der Waals surface area contributed by atoms with E-state index in [-0.39, 0.29) is 11.7 Å². The highest BCUT2D eigenvalue weighted by molar-refractivity contribution is 7.99. The molecule has 8 heteroatoms. The number of thiophene rings is 1.